The van der Waals surface area contributed by atoms with Crippen molar-refractivity contribution in [2.45, 2.75) is 25.8 Å². The van der Waals surface area contributed by atoms with Crippen molar-refractivity contribution in [3.63, 3.8) is 0 Å². The van der Waals surface area contributed by atoms with Crippen molar-refractivity contribution in [1.29, 1.82) is 0 Å². The molecule has 0 saturated heterocycles. The van der Waals surface area contributed by atoms with E-state index in [1.54, 1.807) is 0 Å². The maximum Gasteiger partial charge on any atom is 0.0461 e. The van der Waals surface area contributed by atoms with E-state index in [0.29, 0.717) is 0 Å². The Morgan fingerprint density at radius 3 is 1.62 bits per heavy atom. The van der Waals surface area contributed by atoms with Crippen molar-refractivity contribution in [1.82, 2.24) is 0 Å². The Balaban J connectivity index is 1.94. The molecule has 2 N–H and O–H groups in total. The molecule has 0 aliphatic carbocycles. The van der Waals surface area contributed by atoms with Crippen LogP contribution in [0.15, 0.2) is 84.9 Å². The summed E-state index contributed by atoms with van der Waals surface area (Å²) < 4.78 is 0. The molecule has 3 aromatic carbocycles. The van der Waals surface area contributed by atoms with E-state index in [4.69, 9.17) is 5.73 Å². The molecule has 3 aromatic rings. The van der Waals surface area contributed by atoms with E-state index in [9.17, 15) is 0 Å². The van der Waals surface area contributed by atoms with Gasteiger partial charge in [0.1, 0.15) is 0 Å². The molecule has 2 nitrogen and oxygen atoms in total. The third-order valence-electron chi connectivity index (χ3n) is 4.25. The van der Waals surface area contributed by atoms with Crippen LogP contribution >= 0.6 is 0 Å². The van der Waals surface area contributed by atoms with Crippen LogP contribution in [0.5, 0.6) is 0 Å². The van der Waals surface area contributed by atoms with Crippen molar-refractivity contribution in [3.8, 4) is 0 Å². The van der Waals surface area contributed by atoms with Gasteiger partial charge in [0.15, 0.2) is 0 Å². The third kappa shape index (κ3) is 3.84. The average molecular weight is 316 g/mol. The molecule has 3 rings (SSSR count). The monoisotopic (exact) mass is 316 g/mol. The molecule has 0 radical (unpaired) electrons. The molecular weight excluding hydrogens is 292 g/mol. The first-order valence-electron chi connectivity index (χ1n) is 8.52. The van der Waals surface area contributed by atoms with Gasteiger partial charge in [-0.25, -0.2) is 0 Å². The lowest BCUT2D eigenvalue weighted by Crippen LogP contribution is -2.21. The first kappa shape index (κ1) is 16.3. The third-order valence-corrected chi connectivity index (χ3v) is 4.25. The summed E-state index contributed by atoms with van der Waals surface area (Å²) in [6.45, 7) is 2.13. The summed E-state index contributed by atoms with van der Waals surface area (Å²) in [5.74, 6) is 0. The van der Waals surface area contributed by atoms with E-state index in [-0.39, 0.29) is 6.04 Å². The van der Waals surface area contributed by atoms with Crippen LogP contribution in [0.3, 0.4) is 0 Å². The molecule has 0 aliphatic rings. The first-order chi connectivity index (χ1) is 11.8. The number of anilines is 3. The normalized spacial score (nSPS) is 11.9. The molecule has 24 heavy (non-hydrogen) atoms. The highest BCUT2D eigenvalue weighted by atomic mass is 15.1. The van der Waals surface area contributed by atoms with Crippen molar-refractivity contribution in [2.24, 2.45) is 5.73 Å². The number of benzene rings is 3. The van der Waals surface area contributed by atoms with Gasteiger partial charge in [-0.1, -0.05) is 55.5 Å². The zero-order valence-corrected chi connectivity index (χ0v) is 14.1. The Bertz CT molecular complexity index is 696. The van der Waals surface area contributed by atoms with Gasteiger partial charge in [-0.05, 0) is 54.8 Å². The standard InChI is InChI=1S/C22H24N2/c1-2-19(23)17-18-13-15-22(16-14-18)24(20-9-5-3-6-10-20)21-11-7-4-8-12-21/h3-16,19H,2,17,23H2,1H3. The summed E-state index contributed by atoms with van der Waals surface area (Å²) >= 11 is 0. The van der Waals surface area contributed by atoms with Crippen molar-refractivity contribution < 1.29 is 0 Å². The van der Waals surface area contributed by atoms with Crippen LogP contribution in [0.1, 0.15) is 18.9 Å². The zero-order valence-electron chi connectivity index (χ0n) is 14.1. The number of hydrogen-bond donors (Lipinski definition) is 1. The SMILES string of the molecule is CCC(N)Cc1ccc(N(c2ccccc2)c2ccccc2)cc1. The predicted octanol–water partition coefficient (Wildman–Crippen LogP) is 5.44. The highest BCUT2D eigenvalue weighted by Crippen LogP contribution is 2.34. The Morgan fingerprint density at radius 2 is 1.17 bits per heavy atom. The van der Waals surface area contributed by atoms with E-state index in [1.807, 2.05) is 12.1 Å². The van der Waals surface area contributed by atoms with Crippen LogP contribution in [-0.2, 0) is 6.42 Å². The summed E-state index contributed by atoms with van der Waals surface area (Å²) in [6.07, 6.45) is 1.93. The second kappa shape index (κ2) is 7.80. The van der Waals surface area contributed by atoms with Gasteiger partial charge in [-0.15, -0.1) is 0 Å². The molecule has 0 saturated carbocycles. The van der Waals surface area contributed by atoms with Crippen LogP contribution in [0, 0.1) is 0 Å². The Hall–Kier alpha value is -2.58. The van der Waals surface area contributed by atoms with Crippen LogP contribution in [-0.4, -0.2) is 6.04 Å². The Labute approximate surface area is 144 Å². The van der Waals surface area contributed by atoms with Crippen molar-refractivity contribution in [3.05, 3.63) is 90.5 Å². The Kier molecular flexibility index (Phi) is 5.29. The molecule has 122 valence electrons. The molecule has 0 aliphatic heterocycles. The number of hydrogen-bond acceptors (Lipinski definition) is 2. The summed E-state index contributed by atoms with van der Waals surface area (Å²) in [5.41, 5.74) is 10.8. The fourth-order valence-corrected chi connectivity index (χ4v) is 2.83. The van der Waals surface area contributed by atoms with E-state index >= 15 is 0 Å². The smallest absolute Gasteiger partial charge is 0.0461 e. The van der Waals surface area contributed by atoms with E-state index in [1.165, 1.54) is 5.56 Å². The summed E-state index contributed by atoms with van der Waals surface area (Å²) in [7, 11) is 0. The minimum Gasteiger partial charge on any atom is -0.327 e. The number of nitrogens with zero attached hydrogens (tertiary/aromatic N) is 1. The van der Waals surface area contributed by atoms with E-state index in [2.05, 4.69) is 84.6 Å². The maximum absolute atomic E-state index is 6.07. The van der Waals surface area contributed by atoms with Crippen molar-refractivity contribution in [2.75, 3.05) is 4.90 Å². The van der Waals surface area contributed by atoms with Gasteiger partial charge in [0.05, 0.1) is 0 Å². The number of nitrogens with two attached hydrogens (primary N) is 1. The summed E-state index contributed by atoms with van der Waals surface area (Å²) in [6, 6.07) is 29.9. The van der Waals surface area contributed by atoms with Crippen LogP contribution < -0.4 is 10.6 Å². The van der Waals surface area contributed by atoms with E-state index in [0.717, 1.165) is 29.9 Å². The minimum atomic E-state index is 0.232. The summed E-state index contributed by atoms with van der Waals surface area (Å²) in [5, 5.41) is 0. The van der Waals surface area contributed by atoms with Gasteiger partial charge in [0.25, 0.3) is 0 Å². The number of rotatable bonds is 6. The molecule has 0 fully saturated rings. The second-order valence-electron chi connectivity index (χ2n) is 6.05. The van der Waals surface area contributed by atoms with Gasteiger partial charge in [0, 0.05) is 23.1 Å². The van der Waals surface area contributed by atoms with Crippen LogP contribution in [0.25, 0.3) is 0 Å². The maximum atomic E-state index is 6.07. The van der Waals surface area contributed by atoms with Gasteiger partial charge < -0.3 is 10.6 Å². The minimum absolute atomic E-state index is 0.232. The highest BCUT2D eigenvalue weighted by molar-refractivity contribution is 5.76. The molecule has 0 amide bonds. The largest absolute Gasteiger partial charge is 0.327 e. The molecule has 0 spiro atoms. The molecule has 0 aromatic heterocycles. The topological polar surface area (TPSA) is 29.3 Å². The van der Waals surface area contributed by atoms with Gasteiger partial charge >= 0.3 is 0 Å². The van der Waals surface area contributed by atoms with Gasteiger partial charge in [-0.3, -0.25) is 0 Å². The Morgan fingerprint density at radius 1 is 0.708 bits per heavy atom. The summed E-state index contributed by atoms with van der Waals surface area (Å²) in [4.78, 5) is 2.27. The van der Waals surface area contributed by atoms with Crippen molar-refractivity contribution >= 4 is 17.1 Å². The lowest BCUT2D eigenvalue weighted by Gasteiger charge is -2.25. The molecule has 0 heterocycles. The van der Waals surface area contributed by atoms with Gasteiger partial charge in [-0.2, -0.15) is 0 Å². The fraction of sp³-hybridized carbons (Fsp3) is 0.182. The number of para-hydroxylation sites is 2. The second-order valence-corrected chi connectivity index (χ2v) is 6.05. The van der Waals surface area contributed by atoms with E-state index < -0.39 is 0 Å². The lowest BCUT2D eigenvalue weighted by atomic mass is 10.0. The fourth-order valence-electron chi connectivity index (χ4n) is 2.83. The quantitative estimate of drug-likeness (QED) is 0.656. The molecule has 1 atom stereocenters. The zero-order chi connectivity index (χ0) is 16.8. The molecule has 2 heteroatoms. The molecular formula is C22H24N2. The van der Waals surface area contributed by atoms with Crippen LogP contribution in [0.2, 0.25) is 0 Å². The highest BCUT2D eigenvalue weighted by Gasteiger charge is 2.11. The molecule has 1 unspecified atom stereocenters. The lowest BCUT2D eigenvalue weighted by molar-refractivity contribution is 0.646. The van der Waals surface area contributed by atoms with Crippen LogP contribution in [0.4, 0.5) is 17.1 Å². The molecule has 0 bridgehead atoms. The average Bonchev–Trinajstić information content (AvgIpc) is 2.65. The van der Waals surface area contributed by atoms with Gasteiger partial charge in [0.2, 0.25) is 0 Å². The predicted molar refractivity (Wildman–Crippen MR) is 103 cm³/mol. The first-order valence-corrected chi connectivity index (χ1v) is 8.52.